The van der Waals surface area contributed by atoms with Crippen LogP contribution in [0, 0.1) is 0 Å². The molecule has 0 saturated carbocycles. The highest BCUT2D eigenvalue weighted by Gasteiger charge is 2.34. The summed E-state index contributed by atoms with van der Waals surface area (Å²) in [6, 6.07) is 0. The van der Waals surface area contributed by atoms with Gasteiger partial charge >= 0.3 is 0 Å². The summed E-state index contributed by atoms with van der Waals surface area (Å²) in [5.74, 6) is 0. The predicted octanol–water partition coefficient (Wildman–Crippen LogP) is 4.96. The normalized spacial score (nSPS) is 14.5. The number of ether oxygens (including phenoxy) is 2. The maximum Gasteiger partial charge on any atom is 0.112 e. The lowest BCUT2D eigenvalue weighted by molar-refractivity contribution is 0.0457. The van der Waals surface area contributed by atoms with Crippen LogP contribution in [0.4, 0.5) is 0 Å². The first-order valence-electron chi connectivity index (χ1n) is 10.2. The van der Waals surface area contributed by atoms with E-state index in [1.165, 1.54) is 0 Å². The summed E-state index contributed by atoms with van der Waals surface area (Å²) in [5, 5.41) is 0. The van der Waals surface area contributed by atoms with Crippen LogP contribution in [0.15, 0.2) is 0 Å². The Hall–Kier alpha value is 0.708. The summed E-state index contributed by atoms with van der Waals surface area (Å²) >= 11 is 0. The van der Waals surface area contributed by atoms with Crippen molar-refractivity contribution in [2.75, 3.05) is 39.5 Å². The Morgan fingerprint density at radius 3 is 0.846 bits per heavy atom. The van der Waals surface area contributed by atoms with Crippen molar-refractivity contribution in [3.63, 3.8) is 0 Å². The van der Waals surface area contributed by atoms with Crippen molar-refractivity contribution in [2.24, 2.45) is 0 Å². The van der Waals surface area contributed by atoms with Crippen molar-refractivity contribution < 1.29 is 9.47 Å². The van der Waals surface area contributed by atoms with Gasteiger partial charge < -0.3 is 17.9 Å². The smallest absolute Gasteiger partial charge is 0.112 e. The third-order valence-corrected chi connectivity index (χ3v) is 20.0. The second-order valence-electron chi connectivity index (χ2n) is 11.2. The molecule has 0 bridgehead atoms. The molecule has 0 rings (SSSR count). The van der Waals surface area contributed by atoms with Crippen LogP contribution in [-0.2, 0) is 9.47 Å². The van der Waals surface area contributed by atoms with Crippen molar-refractivity contribution in [1.82, 2.24) is 8.46 Å². The van der Waals surface area contributed by atoms with Gasteiger partial charge in [-0.15, -0.1) is 0 Å². The van der Waals surface area contributed by atoms with Gasteiger partial charge in [-0.1, -0.05) is 78.6 Å². The van der Waals surface area contributed by atoms with Crippen LogP contribution in [0.25, 0.3) is 0 Å². The van der Waals surface area contributed by atoms with E-state index in [0.717, 1.165) is 26.3 Å². The van der Waals surface area contributed by atoms with Crippen LogP contribution >= 0.6 is 0 Å². The molecule has 0 N–H and O–H groups in total. The summed E-state index contributed by atoms with van der Waals surface area (Å²) in [6.07, 6.45) is 0. The molecule has 0 aliphatic rings. The van der Waals surface area contributed by atoms with Gasteiger partial charge in [-0.25, -0.2) is 0 Å². The van der Waals surface area contributed by atoms with Gasteiger partial charge in [0, 0.05) is 13.1 Å². The Balaban J connectivity index is 4.08. The summed E-state index contributed by atoms with van der Waals surface area (Å²) in [5.41, 5.74) is 0. The largest absolute Gasteiger partial charge is 0.378 e. The van der Waals surface area contributed by atoms with E-state index in [9.17, 15) is 0 Å². The third kappa shape index (κ3) is 10.9. The lowest BCUT2D eigenvalue weighted by atomic mass is 10.7. The van der Waals surface area contributed by atoms with E-state index in [0.29, 0.717) is 13.2 Å². The van der Waals surface area contributed by atoms with Crippen molar-refractivity contribution in [3.8, 4) is 0 Å². The SMILES string of the molecule is C[Si](C)(C)N(CCOCCOCCN([Si](C)(C)C)[Si](C)(C)C)[Si](C)(C)C. The molecule has 0 heterocycles. The van der Waals surface area contributed by atoms with Crippen LogP contribution in [-0.4, -0.2) is 80.9 Å². The molecular weight excluding hydrogens is 389 g/mol. The highest BCUT2D eigenvalue weighted by atomic mass is 28.4. The van der Waals surface area contributed by atoms with Crippen molar-refractivity contribution in [1.29, 1.82) is 0 Å². The number of hydrogen-bond acceptors (Lipinski definition) is 4. The Morgan fingerprint density at radius 2 is 0.654 bits per heavy atom. The van der Waals surface area contributed by atoms with Crippen molar-refractivity contribution in [3.05, 3.63) is 0 Å². The number of hydrogen-bond donors (Lipinski definition) is 0. The zero-order chi connectivity index (χ0) is 20.8. The highest BCUT2D eigenvalue weighted by Crippen LogP contribution is 2.20. The van der Waals surface area contributed by atoms with Gasteiger partial charge in [0.25, 0.3) is 0 Å². The minimum absolute atomic E-state index is 0.713. The van der Waals surface area contributed by atoms with Gasteiger partial charge in [0.2, 0.25) is 0 Å². The molecule has 0 amide bonds. The van der Waals surface area contributed by atoms with E-state index in [1.807, 2.05) is 0 Å². The molecule has 0 atom stereocenters. The monoisotopic (exact) mass is 436 g/mol. The molecule has 0 aromatic carbocycles. The van der Waals surface area contributed by atoms with Gasteiger partial charge in [0.15, 0.2) is 0 Å². The highest BCUT2D eigenvalue weighted by molar-refractivity contribution is 6.90. The summed E-state index contributed by atoms with van der Waals surface area (Å²) in [4.78, 5) is 0. The van der Waals surface area contributed by atoms with Crippen LogP contribution in [0.1, 0.15) is 0 Å². The van der Waals surface area contributed by atoms with E-state index in [1.54, 1.807) is 0 Å². The van der Waals surface area contributed by atoms with Crippen LogP contribution < -0.4 is 0 Å². The van der Waals surface area contributed by atoms with Gasteiger partial charge in [-0.2, -0.15) is 0 Å². The van der Waals surface area contributed by atoms with Gasteiger partial charge in [-0.3, -0.25) is 0 Å². The van der Waals surface area contributed by atoms with E-state index in [-0.39, 0.29) is 0 Å². The topological polar surface area (TPSA) is 24.9 Å². The summed E-state index contributed by atoms with van der Waals surface area (Å²) < 4.78 is 17.3. The molecule has 0 fully saturated rings. The van der Waals surface area contributed by atoms with Gasteiger partial charge in [-0.05, 0) is 0 Å². The molecule has 0 aliphatic carbocycles. The Kier molecular flexibility index (Phi) is 10.8. The fourth-order valence-corrected chi connectivity index (χ4v) is 23.1. The van der Waals surface area contributed by atoms with E-state index in [4.69, 9.17) is 9.47 Å². The minimum Gasteiger partial charge on any atom is -0.378 e. The molecule has 0 aromatic rings. The van der Waals surface area contributed by atoms with Crippen LogP contribution in [0.5, 0.6) is 0 Å². The maximum atomic E-state index is 5.88. The average Bonchev–Trinajstić information content (AvgIpc) is 2.34. The van der Waals surface area contributed by atoms with E-state index < -0.39 is 32.9 Å². The lowest BCUT2D eigenvalue weighted by Gasteiger charge is -2.43. The van der Waals surface area contributed by atoms with Crippen molar-refractivity contribution in [2.45, 2.75) is 78.6 Å². The fourth-order valence-electron chi connectivity index (χ4n) is 3.99. The Morgan fingerprint density at radius 1 is 0.423 bits per heavy atom. The average molecular weight is 437 g/mol. The second-order valence-corrected chi connectivity index (χ2v) is 31.6. The molecule has 0 spiro atoms. The first-order chi connectivity index (χ1) is 11.5. The zero-order valence-electron chi connectivity index (χ0n) is 20.0. The standard InChI is InChI=1S/C18H48N2O2Si4/c1-23(2,3)19(24(4,5)6)13-15-21-17-18-22-16-14-20(25(7,8)9)26(10,11)12/h13-18H2,1-12H3. The predicted molar refractivity (Wildman–Crippen MR) is 128 cm³/mol. The first kappa shape index (κ1) is 26.7. The molecule has 0 radical (unpaired) electrons. The molecule has 4 nitrogen and oxygen atoms in total. The van der Waals surface area contributed by atoms with Crippen LogP contribution in [0.2, 0.25) is 78.6 Å². The Labute approximate surface area is 169 Å². The molecule has 0 aromatic heterocycles. The molecular formula is C18H48N2O2Si4. The van der Waals surface area contributed by atoms with Crippen molar-refractivity contribution >= 4 is 32.9 Å². The van der Waals surface area contributed by atoms with E-state index >= 15 is 0 Å². The molecule has 158 valence electrons. The second kappa shape index (κ2) is 10.5. The number of rotatable bonds is 13. The molecule has 26 heavy (non-hydrogen) atoms. The Bertz CT molecular complexity index is 330. The molecule has 0 unspecified atom stereocenters. The number of nitrogens with zero attached hydrogens (tertiary/aromatic N) is 2. The van der Waals surface area contributed by atoms with Gasteiger partial charge in [0.1, 0.15) is 32.9 Å². The lowest BCUT2D eigenvalue weighted by Crippen LogP contribution is -2.60. The van der Waals surface area contributed by atoms with Crippen LogP contribution in [0.3, 0.4) is 0 Å². The first-order valence-corrected chi connectivity index (χ1v) is 24.0. The zero-order valence-corrected chi connectivity index (χ0v) is 24.0. The molecule has 0 saturated heterocycles. The quantitative estimate of drug-likeness (QED) is 0.301. The maximum absolute atomic E-state index is 5.88. The van der Waals surface area contributed by atoms with Gasteiger partial charge in [0.05, 0.1) is 26.4 Å². The summed E-state index contributed by atoms with van der Waals surface area (Å²) in [7, 11) is -5.06. The summed E-state index contributed by atoms with van der Waals surface area (Å²) in [6.45, 7) is 34.5. The van der Waals surface area contributed by atoms with E-state index in [2.05, 4.69) is 87.0 Å². The minimum atomic E-state index is -1.27. The molecule has 0 aliphatic heterocycles. The molecule has 8 heteroatoms. The fraction of sp³-hybridized carbons (Fsp3) is 1.00. The third-order valence-electron chi connectivity index (χ3n) is 4.53.